The van der Waals surface area contributed by atoms with Gasteiger partial charge in [-0.15, -0.1) is 0 Å². The largest absolute Gasteiger partial charge is 0.338 e. The molecule has 0 saturated heterocycles. The zero-order chi connectivity index (χ0) is 67.2. The molecule has 3 aromatic heterocycles. The van der Waals surface area contributed by atoms with Crippen molar-refractivity contribution in [3.05, 3.63) is 266 Å². The first kappa shape index (κ1) is 62.8. The van der Waals surface area contributed by atoms with Crippen molar-refractivity contribution in [2.75, 3.05) is 35.8 Å². The number of amides is 6. The fourth-order valence-corrected chi connectivity index (χ4v) is 13.3. The Morgan fingerprint density at radius 1 is 0.427 bits per heavy atom. The number of benzene rings is 6. The molecule has 3 fully saturated rings. The highest BCUT2D eigenvalue weighted by molar-refractivity contribution is 6.06. The smallest absolute Gasteiger partial charge is 0.275 e. The lowest BCUT2D eigenvalue weighted by molar-refractivity contribution is -0.121. The first-order valence-corrected chi connectivity index (χ1v) is 31.0. The van der Waals surface area contributed by atoms with Gasteiger partial charge in [0.15, 0.2) is 51.6 Å². The molecule has 3 N–H and O–H groups in total. The lowest BCUT2D eigenvalue weighted by Crippen LogP contribution is -2.48. The summed E-state index contributed by atoms with van der Waals surface area (Å²) in [4.78, 5) is 92.9. The van der Waals surface area contributed by atoms with Crippen LogP contribution in [0, 0.1) is 54.9 Å². The standard InChI is InChI=1S/3C24H20FN5O2/c3*1-26-15-8-9-20-17(10-15)16-11-18(16)21(24(32)29(20)2)27-23(31)22-19(25)13-30(28-22)12-14-6-4-3-5-7-14/h3*3-10,13,16,18,21H,11-12H2,2H3,(H,27,31)/t16-,18?,21-;2*16-,18-,21-/m010/s1. The Balaban J connectivity index is 0.000000130. The maximum Gasteiger partial charge on any atom is 0.275 e. The van der Waals surface area contributed by atoms with Gasteiger partial charge in [-0.3, -0.25) is 42.8 Å². The van der Waals surface area contributed by atoms with Crippen LogP contribution in [0.5, 0.6) is 0 Å². The Labute approximate surface area is 549 Å². The summed E-state index contributed by atoms with van der Waals surface area (Å²) < 4.78 is 47.7. The van der Waals surface area contributed by atoms with Gasteiger partial charge < -0.3 is 30.7 Å². The van der Waals surface area contributed by atoms with Crippen molar-refractivity contribution in [1.82, 2.24) is 45.3 Å². The number of likely N-dealkylation sites (N-methyl/N-ethyl adjacent to an activating group) is 3. The average molecular weight is 1290 g/mol. The predicted molar refractivity (Wildman–Crippen MR) is 348 cm³/mol. The molecule has 24 heteroatoms. The van der Waals surface area contributed by atoms with Gasteiger partial charge in [-0.25, -0.2) is 27.7 Å². The molecule has 3 aliphatic heterocycles. The number of halogens is 3. The summed E-state index contributed by atoms with van der Waals surface area (Å²) >= 11 is 0. The number of anilines is 3. The van der Waals surface area contributed by atoms with E-state index in [1.165, 1.54) is 47.3 Å². The van der Waals surface area contributed by atoms with E-state index >= 15 is 0 Å². The van der Waals surface area contributed by atoms with Gasteiger partial charge in [0.1, 0.15) is 18.1 Å². The predicted octanol–water partition coefficient (Wildman–Crippen LogP) is 10.5. The minimum atomic E-state index is -0.778. The summed E-state index contributed by atoms with van der Waals surface area (Å²) in [6, 6.07) is 41.7. The lowest BCUT2D eigenvalue weighted by atomic mass is 10.0. The molecule has 0 spiro atoms. The Bertz CT molecular complexity index is 4260. The Hall–Kier alpha value is -12.0. The molecule has 0 radical (unpaired) electrons. The molecule has 3 aliphatic carbocycles. The van der Waals surface area contributed by atoms with Crippen LogP contribution in [0.4, 0.5) is 47.3 Å². The highest BCUT2D eigenvalue weighted by atomic mass is 19.1. The van der Waals surface area contributed by atoms with Crippen LogP contribution in [0.2, 0.25) is 0 Å². The second-order valence-electron chi connectivity index (χ2n) is 24.7. The molecule has 1 unspecified atom stereocenters. The topological polar surface area (TPSA) is 215 Å². The van der Waals surface area contributed by atoms with E-state index in [1.54, 1.807) is 57.5 Å². The number of carbonyl (C=O) groups is 6. The van der Waals surface area contributed by atoms with Gasteiger partial charge in [0.05, 0.1) is 57.9 Å². The molecule has 9 atom stereocenters. The van der Waals surface area contributed by atoms with E-state index in [9.17, 15) is 41.9 Å². The van der Waals surface area contributed by atoms with Crippen molar-refractivity contribution < 1.29 is 41.9 Å². The van der Waals surface area contributed by atoms with Gasteiger partial charge in [0.25, 0.3) is 17.7 Å². The van der Waals surface area contributed by atoms with Gasteiger partial charge in [-0.2, -0.15) is 15.3 Å². The highest BCUT2D eigenvalue weighted by Crippen LogP contribution is 2.57. The van der Waals surface area contributed by atoms with Gasteiger partial charge >= 0.3 is 0 Å². The summed E-state index contributed by atoms with van der Waals surface area (Å²) in [5, 5.41) is 20.5. The highest BCUT2D eigenvalue weighted by Gasteiger charge is 2.55. The van der Waals surface area contributed by atoms with Crippen molar-refractivity contribution in [3.63, 3.8) is 0 Å². The third-order valence-corrected chi connectivity index (χ3v) is 18.5. The fraction of sp³-hybridized carbons (Fsp3) is 0.250. The van der Waals surface area contributed by atoms with Crippen molar-refractivity contribution in [3.8, 4) is 0 Å². The second kappa shape index (κ2) is 25.8. The van der Waals surface area contributed by atoms with Gasteiger partial charge in [-0.05, 0) is 106 Å². The molecule has 6 aliphatic rings. The number of fused-ring (bicyclic) bond motifs is 9. The fourth-order valence-electron chi connectivity index (χ4n) is 13.3. The lowest BCUT2D eigenvalue weighted by Gasteiger charge is -2.23. The number of hydrogen-bond donors (Lipinski definition) is 3. The van der Waals surface area contributed by atoms with Crippen molar-refractivity contribution in [2.45, 2.75) is 74.8 Å². The summed E-state index contributed by atoms with van der Waals surface area (Å²) in [5.74, 6) is -5.15. The number of rotatable bonds is 12. The molecule has 6 amide bonds. The SMILES string of the molecule is [C-]#[N+]c1ccc2c(c1)[C@@H]1CC1[C@H](NC(=O)c1nn(Cc3ccccc3)cc1F)C(=O)N2C.[C-]#[N+]c1ccc2c(c1)[C@@H]1C[C@@H]1[C@H](NC(=O)c1nn(Cc3ccccc3)cc1F)C(=O)N2C.[C-]#[N+]c1ccc2c(c1)[C@H]1C[C@H]1[C@@H](NC(=O)c1nn(Cc3ccccc3)cc1F)C(=O)N2C. The molecule has 0 bridgehead atoms. The summed E-state index contributed by atoms with van der Waals surface area (Å²) in [5.41, 5.74) is 8.40. The van der Waals surface area contributed by atoms with Crippen molar-refractivity contribution in [1.29, 1.82) is 0 Å². The Morgan fingerprint density at radius 2 is 0.688 bits per heavy atom. The van der Waals surface area contributed by atoms with E-state index in [1.807, 2.05) is 109 Å². The molecule has 3 saturated carbocycles. The van der Waals surface area contributed by atoms with E-state index in [0.29, 0.717) is 36.7 Å². The first-order valence-electron chi connectivity index (χ1n) is 31.0. The van der Waals surface area contributed by atoms with Gasteiger partial charge in [-0.1, -0.05) is 127 Å². The van der Waals surface area contributed by atoms with Crippen LogP contribution >= 0.6 is 0 Å². The maximum atomic E-state index is 14.5. The van der Waals surface area contributed by atoms with E-state index in [-0.39, 0.29) is 70.3 Å². The molecular formula is C72H60F3N15O6. The number of nitrogens with one attached hydrogen (secondary N) is 3. The normalized spacial score (nSPS) is 21.2. The quantitative estimate of drug-likeness (QED) is 0.0991. The molecule has 96 heavy (non-hydrogen) atoms. The van der Waals surface area contributed by atoms with Crippen molar-refractivity contribution >= 4 is 69.6 Å². The maximum absolute atomic E-state index is 14.5. The van der Waals surface area contributed by atoms with Crippen molar-refractivity contribution in [2.24, 2.45) is 17.8 Å². The summed E-state index contributed by atoms with van der Waals surface area (Å²) in [6.07, 6.45) is 5.73. The van der Waals surface area contributed by atoms with Gasteiger partial charge in [0, 0.05) is 38.2 Å². The molecule has 21 nitrogen and oxygen atoms in total. The zero-order valence-electron chi connectivity index (χ0n) is 52.0. The monoisotopic (exact) mass is 1290 g/mol. The van der Waals surface area contributed by atoms with E-state index in [2.05, 4.69) is 45.8 Å². The minimum Gasteiger partial charge on any atom is -0.338 e. The third-order valence-electron chi connectivity index (χ3n) is 18.5. The third kappa shape index (κ3) is 12.6. The Kier molecular flexibility index (Phi) is 16.9. The zero-order valence-corrected chi connectivity index (χ0v) is 52.0. The minimum absolute atomic E-state index is 0.0754. The number of aromatic nitrogens is 6. The second-order valence-corrected chi connectivity index (χ2v) is 24.7. The molecule has 6 heterocycles. The number of carbonyl (C=O) groups excluding carboxylic acids is 6. The van der Waals surface area contributed by atoms with E-state index in [4.69, 9.17) is 19.7 Å². The van der Waals surface area contributed by atoms with Crippen LogP contribution in [0.3, 0.4) is 0 Å². The van der Waals surface area contributed by atoms with Crippen LogP contribution in [-0.4, -0.2) is 104 Å². The average Bonchev–Trinajstić information content (AvgIpc) is 1.60. The van der Waals surface area contributed by atoms with Crippen LogP contribution in [0.25, 0.3) is 14.5 Å². The molecule has 6 aromatic carbocycles. The van der Waals surface area contributed by atoms with Crippen LogP contribution in [-0.2, 0) is 34.0 Å². The molecule has 480 valence electrons. The van der Waals surface area contributed by atoms with Gasteiger partial charge in [0.2, 0.25) is 17.7 Å². The van der Waals surface area contributed by atoms with Crippen LogP contribution < -0.4 is 30.7 Å². The Morgan fingerprint density at radius 3 is 0.938 bits per heavy atom. The van der Waals surface area contributed by atoms with E-state index in [0.717, 1.165) is 69.7 Å². The number of nitrogens with zero attached hydrogens (tertiary/aromatic N) is 12. The molecule has 9 aromatic rings. The molecule has 15 rings (SSSR count). The molecular weight excluding hydrogens is 1230 g/mol. The first-order chi connectivity index (χ1) is 46.4. The summed E-state index contributed by atoms with van der Waals surface area (Å²) in [7, 11) is 4.95. The summed E-state index contributed by atoms with van der Waals surface area (Å²) in [6.45, 7) is 22.7. The van der Waals surface area contributed by atoms with Crippen LogP contribution in [0.1, 0.15) is 102 Å². The number of hydrogen-bond acceptors (Lipinski definition) is 9. The van der Waals surface area contributed by atoms with Crippen LogP contribution in [0.15, 0.2) is 164 Å². The van der Waals surface area contributed by atoms with E-state index < -0.39 is 53.3 Å².